The summed E-state index contributed by atoms with van der Waals surface area (Å²) in [7, 11) is 0. The van der Waals surface area contributed by atoms with Crippen LogP contribution in [0.1, 0.15) is 29.2 Å². The maximum atomic E-state index is 10.9. The van der Waals surface area contributed by atoms with E-state index in [2.05, 4.69) is 88.4 Å². The third kappa shape index (κ3) is 6.14. The normalized spacial score (nSPS) is 10.0. The molecule has 4 aromatic rings. The zero-order chi connectivity index (χ0) is 20.0. The van der Waals surface area contributed by atoms with E-state index in [4.69, 9.17) is 0 Å². The molecule has 0 radical (unpaired) electrons. The Morgan fingerprint density at radius 2 is 1.11 bits per heavy atom. The van der Waals surface area contributed by atoms with Crippen LogP contribution in [0, 0.1) is 27.7 Å². The summed E-state index contributed by atoms with van der Waals surface area (Å²) in [6.07, 6.45) is 0. The van der Waals surface area contributed by atoms with Crippen LogP contribution >= 0.6 is 0 Å². The smallest absolute Gasteiger partial charge is 0.0488 e. The molecule has 0 N–H and O–H groups in total. The van der Waals surface area contributed by atoms with E-state index in [1.165, 1.54) is 50.7 Å². The summed E-state index contributed by atoms with van der Waals surface area (Å²) in [4.78, 5) is 0. The predicted molar refractivity (Wildman–Crippen MR) is 112 cm³/mol. The number of halogens is 2. The molecule has 0 fully saturated rings. The summed E-state index contributed by atoms with van der Waals surface area (Å²) in [6.45, 7) is 10.00. The van der Waals surface area contributed by atoms with Crippen molar-refractivity contribution >= 4 is 25.3 Å². The molecule has 0 unspecified atom stereocenters. The van der Waals surface area contributed by atoms with E-state index in [9.17, 15) is 5.25 Å². The van der Waals surface area contributed by atoms with E-state index < -0.39 is 22.5 Å². The van der Waals surface area contributed by atoms with Crippen LogP contribution in [0.5, 0.6) is 0 Å². The average molecular weight is 444 g/mol. The Kier molecular flexibility index (Phi) is 7.98. The van der Waals surface area contributed by atoms with Gasteiger partial charge in [-0.15, -0.1) is 69.1 Å². The van der Waals surface area contributed by atoms with Crippen LogP contribution in [0.15, 0.2) is 60.7 Å². The SMILES string of the molecule is C[CH]=[Zr]([F])[F].Cc1cc2c(C)cccc2[cH-]1.Cc1cc2c(C)cccc2[cH-]1. The summed E-state index contributed by atoms with van der Waals surface area (Å²) in [6, 6.07) is 21.8. The minimum atomic E-state index is -3.70. The van der Waals surface area contributed by atoms with Crippen LogP contribution in [0.3, 0.4) is 0 Å². The van der Waals surface area contributed by atoms with Crippen LogP contribution in [-0.4, -0.2) is 3.71 Å². The van der Waals surface area contributed by atoms with Crippen molar-refractivity contribution in [2.45, 2.75) is 34.6 Å². The fourth-order valence-electron chi connectivity index (χ4n) is 3.08. The third-order valence-electron chi connectivity index (χ3n) is 4.44. The Bertz CT molecular complexity index is 969. The third-order valence-corrected chi connectivity index (χ3v) is 5.52. The number of hydrogen-bond acceptors (Lipinski definition) is 0. The molecule has 4 rings (SSSR count). The van der Waals surface area contributed by atoms with Gasteiger partial charge in [-0.1, -0.05) is 37.1 Å². The first-order valence-electron chi connectivity index (χ1n) is 9.04. The molecule has 0 aliphatic heterocycles. The Labute approximate surface area is 170 Å². The monoisotopic (exact) mass is 442 g/mol. The van der Waals surface area contributed by atoms with Gasteiger partial charge in [-0.25, -0.2) is 0 Å². The van der Waals surface area contributed by atoms with Crippen LogP contribution < -0.4 is 0 Å². The molecule has 27 heavy (non-hydrogen) atoms. The fraction of sp³-hybridized carbons (Fsp3) is 0.208. The molecule has 0 nitrogen and oxygen atoms in total. The van der Waals surface area contributed by atoms with Gasteiger partial charge >= 0.3 is 38.4 Å². The predicted octanol–water partition coefficient (Wildman–Crippen LogP) is 7.55. The Hall–Kier alpha value is -1.73. The van der Waals surface area contributed by atoms with Crippen molar-refractivity contribution in [3.8, 4) is 0 Å². The van der Waals surface area contributed by atoms with E-state index in [0.29, 0.717) is 0 Å². The first kappa shape index (κ1) is 21.6. The second-order valence-corrected chi connectivity index (χ2v) is 9.64. The maximum absolute atomic E-state index is 10.9. The van der Waals surface area contributed by atoms with Crippen LogP contribution in [0.2, 0.25) is 0 Å². The number of hydrogen-bond donors (Lipinski definition) is 0. The van der Waals surface area contributed by atoms with Crippen molar-refractivity contribution in [3.05, 3.63) is 82.9 Å². The van der Waals surface area contributed by atoms with E-state index >= 15 is 0 Å². The molecule has 0 aliphatic rings. The molecule has 0 aromatic heterocycles. The standard InChI is InChI=1S/2C11H11.C2H4.2FH.Zr/c2*1-8-6-10-5-3-4-9(2)11(10)7-8;1-2;;;/h2*3-7H,1-2H3;1H,2H3;2*1H;/q2*-1;;;;+2/p-2. The Morgan fingerprint density at radius 1 is 0.741 bits per heavy atom. The molecule has 0 saturated heterocycles. The van der Waals surface area contributed by atoms with E-state index in [1.807, 2.05) is 0 Å². The Morgan fingerprint density at radius 3 is 1.41 bits per heavy atom. The van der Waals surface area contributed by atoms with E-state index in [0.717, 1.165) is 3.71 Å². The van der Waals surface area contributed by atoms with Crippen LogP contribution in [0.25, 0.3) is 21.5 Å². The molecule has 0 aliphatic carbocycles. The van der Waals surface area contributed by atoms with Gasteiger partial charge in [0, 0.05) is 0 Å². The number of rotatable bonds is 0. The molecule has 0 heterocycles. The second-order valence-electron chi connectivity index (χ2n) is 6.80. The zero-order valence-corrected chi connectivity index (χ0v) is 19.1. The molecule has 0 spiro atoms. The second kappa shape index (κ2) is 9.99. The fourth-order valence-corrected chi connectivity index (χ4v) is 3.08. The number of fused-ring (bicyclic) bond motifs is 2. The number of benzene rings is 2. The summed E-state index contributed by atoms with van der Waals surface area (Å²) in [5.41, 5.74) is 5.45. The zero-order valence-electron chi connectivity index (χ0n) is 16.6. The van der Waals surface area contributed by atoms with Crippen molar-refractivity contribution in [3.63, 3.8) is 0 Å². The minimum Gasteiger partial charge on any atom is -0.165 e. The summed E-state index contributed by atoms with van der Waals surface area (Å²) in [5, 5.41) is 5.51. The van der Waals surface area contributed by atoms with Crippen molar-refractivity contribution in [1.82, 2.24) is 0 Å². The quantitative estimate of drug-likeness (QED) is 0.246. The summed E-state index contributed by atoms with van der Waals surface area (Å²) in [5.74, 6) is 0. The molecule has 0 bridgehead atoms. The van der Waals surface area contributed by atoms with E-state index in [1.54, 1.807) is 0 Å². The van der Waals surface area contributed by atoms with Gasteiger partial charge in [-0.2, -0.15) is 12.1 Å². The van der Waals surface area contributed by atoms with Gasteiger partial charge in [0.1, 0.15) is 0 Å². The first-order chi connectivity index (χ1) is 12.8. The largest absolute Gasteiger partial charge is 0.165 e. The van der Waals surface area contributed by atoms with Crippen molar-refractivity contribution in [1.29, 1.82) is 0 Å². The molecule has 3 heteroatoms. The average Bonchev–Trinajstić information content (AvgIpc) is 3.19. The summed E-state index contributed by atoms with van der Waals surface area (Å²) < 4.78 is 22.8. The van der Waals surface area contributed by atoms with Gasteiger partial charge < -0.3 is 0 Å². The molecule has 142 valence electrons. The van der Waals surface area contributed by atoms with Gasteiger partial charge in [0.05, 0.1) is 0 Å². The molecule has 0 saturated carbocycles. The molecular weight excluding hydrogens is 417 g/mol. The van der Waals surface area contributed by atoms with E-state index in [-0.39, 0.29) is 0 Å². The van der Waals surface area contributed by atoms with Gasteiger partial charge in [0.15, 0.2) is 0 Å². The van der Waals surface area contributed by atoms with Crippen molar-refractivity contribution in [2.75, 3.05) is 0 Å². The van der Waals surface area contributed by atoms with Gasteiger partial charge in [-0.3, -0.25) is 0 Å². The minimum absolute atomic E-state index is 1.03. The number of aryl methyl sites for hydroxylation is 4. The van der Waals surface area contributed by atoms with Crippen molar-refractivity contribution in [2.24, 2.45) is 0 Å². The molecule has 0 atom stereocenters. The molecule has 4 aromatic carbocycles. The van der Waals surface area contributed by atoms with Crippen LogP contribution in [0.4, 0.5) is 5.25 Å². The van der Waals surface area contributed by atoms with Gasteiger partial charge in [0.25, 0.3) is 0 Å². The van der Waals surface area contributed by atoms with Gasteiger partial charge in [-0.05, 0) is 13.8 Å². The first-order valence-corrected chi connectivity index (χ1v) is 12.3. The molecule has 0 amide bonds. The van der Waals surface area contributed by atoms with Gasteiger partial charge in [0.2, 0.25) is 0 Å². The van der Waals surface area contributed by atoms with Crippen LogP contribution in [-0.2, 0) is 22.5 Å². The summed E-state index contributed by atoms with van der Waals surface area (Å²) >= 11 is -3.70. The Balaban J connectivity index is 0.000000157. The maximum Gasteiger partial charge on any atom is -0.0488 e. The van der Waals surface area contributed by atoms with Crippen molar-refractivity contribution < 1.29 is 27.7 Å². The topological polar surface area (TPSA) is 0 Å². The molecular formula is C24H26F2Zr-2.